The van der Waals surface area contributed by atoms with Gasteiger partial charge in [-0.05, 0) is 36.0 Å². The summed E-state index contributed by atoms with van der Waals surface area (Å²) in [6.07, 6.45) is -3.16. The SMILES string of the molecule is O=C(C1CC1c1cccc(C(F)(F)F)c1)N(CCO)CCc1ccccc1. The smallest absolute Gasteiger partial charge is 0.395 e. The first kappa shape index (κ1) is 19.4. The van der Waals surface area contributed by atoms with Crippen LogP contribution in [-0.2, 0) is 17.4 Å². The number of amides is 1. The van der Waals surface area contributed by atoms with E-state index in [9.17, 15) is 23.1 Å². The Kier molecular flexibility index (Phi) is 5.85. The summed E-state index contributed by atoms with van der Waals surface area (Å²) in [5.41, 5.74) is 0.961. The average Bonchev–Trinajstić information content (AvgIpc) is 3.46. The largest absolute Gasteiger partial charge is 0.416 e. The molecule has 0 aliphatic heterocycles. The quantitative estimate of drug-likeness (QED) is 0.796. The summed E-state index contributed by atoms with van der Waals surface area (Å²) in [6, 6.07) is 14.9. The van der Waals surface area contributed by atoms with Gasteiger partial charge in [-0.25, -0.2) is 0 Å². The molecule has 2 unspecified atom stereocenters. The van der Waals surface area contributed by atoms with Crippen molar-refractivity contribution in [1.29, 1.82) is 0 Å². The number of aliphatic hydroxyl groups is 1. The molecule has 1 aliphatic rings. The number of hydrogen-bond donors (Lipinski definition) is 1. The van der Waals surface area contributed by atoms with Crippen molar-refractivity contribution in [2.75, 3.05) is 19.7 Å². The van der Waals surface area contributed by atoms with E-state index in [1.54, 1.807) is 11.0 Å². The zero-order valence-corrected chi connectivity index (χ0v) is 14.8. The number of aliphatic hydroxyl groups excluding tert-OH is 1. The van der Waals surface area contributed by atoms with Crippen LogP contribution in [0.1, 0.15) is 29.0 Å². The summed E-state index contributed by atoms with van der Waals surface area (Å²) in [5, 5.41) is 9.27. The van der Waals surface area contributed by atoms with E-state index in [-0.39, 0.29) is 30.9 Å². The number of carbonyl (C=O) groups excluding carboxylic acids is 1. The molecule has 6 heteroatoms. The number of halogens is 3. The Morgan fingerprint density at radius 2 is 1.81 bits per heavy atom. The lowest BCUT2D eigenvalue weighted by Gasteiger charge is -2.22. The van der Waals surface area contributed by atoms with Crippen LogP contribution in [0.25, 0.3) is 0 Å². The van der Waals surface area contributed by atoms with E-state index < -0.39 is 11.7 Å². The second-order valence-electron chi connectivity index (χ2n) is 6.86. The van der Waals surface area contributed by atoms with Gasteiger partial charge >= 0.3 is 6.18 Å². The molecule has 144 valence electrons. The summed E-state index contributed by atoms with van der Waals surface area (Å²) in [7, 11) is 0. The number of rotatable bonds is 7. The van der Waals surface area contributed by atoms with Crippen LogP contribution in [0.4, 0.5) is 13.2 Å². The van der Waals surface area contributed by atoms with E-state index in [0.29, 0.717) is 24.9 Å². The summed E-state index contributed by atoms with van der Waals surface area (Å²) in [5.74, 6) is -0.587. The number of hydrogen-bond acceptors (Lipinski definition) is 2. The molecule has 0 spiro atoms. The maximum atomic E-state index is 12.9. The van der Waals surface area contributed by atoms with Crippen LogP contribution in [0.3, 0.4) is 0 Å². The first-order chi connectivity index (χ1) is 12.9. The van der Waals surface area contributed by atoms with E-state index in [1.807, 2.05) is 30.3 Å². The minimum atomic E-state index is -4.39. The van der Waals surface area contributed by atoms with Crippen LogP contribution in [0.2, 0.25) is 0 Å². The number of nitrogens with zero attached hydrogens (tertiary/aromatic N) is 1. The van der Waals surface area contributed by atoms with Crippen LogP contribution >= 0.6 is 0 Å². The van der Waals surface area contributed by atoms with E-state index >= 15 is 0 Å². The van der Waals surface area contributed by atoms with Crippen molar-refractivity contribution in [3.8, 4) is 0 Å². The molecule has 1 fully saturated rings. The number of benzene rings is 2. The highest BCUT2D eigenvalue weighted by molar-refractivity contribution is 5.83. The van der Waals surface area contributed by atoms with Gasteiger partial charge in [-0.3, -0.25) is 4.79 Å². The standard InChI is InChI=1S/C21H22F3NO2/c22-21(23,24)17-8-4-7-16(13-17)18-14-19(18)20(27)25(11-12-26)10-9-15-5-2-1-3-6-15/h1-8,13,18-19,26H,9-12,14H2. The normalized spacial score (nSPS) is 19.0. The molecule has 1 amide bonds. The predicted molar refractivity (Wildman–Crippen MR) is 96.1 cm³/mol. The maximum Gasteiger partial charge on any atom is 0.416 e. The van der Waals surface area contributed by atoms with Crippen molar-refractivity contribution < 1.29 is 23.1 Å². The summed E-state index contributed by atoms with van der Waals surface area (Å²) < 4.78 is 38.7. The fraction of sp³-hybridized carbons (Fsp3) is 0.381. The highest BCUT2D eigenvalue weighted by atomic mass is 19.4. The third kappa shape index (κ3) is 4.89. The van der Waals surface area contributed by atoms with Crippen molar-refractivity contribution in [3.05, 3.63) is 71.3 Å². The Morgan fingerprint density at radius 3 is 2.48 bits per heavy atom. The van der Waals surface area contributed by atoms with Crippen molar-refractivity contribution in [1.82, 2.24) is 4.90 Å². The molecule has 27 heavy (non-hydrogen) atoms. The van der Waals surface area contributed by atoms with E-state index in [1.165, 1.54) is 6.07 Å². The fourth-order valence-corrected chi connectivity index (χ4v) is 3.38. The molecule has 2 atom stereocenters. The zero-order chi connectivity index (χ0) is 19.4. The Morgan fingerprint density at radius 1 is 1.07 bits per heavy atom. The van der Waals surface area contributed by atoms with Gasteiger partial charge in [0.05, 0.1) is 12.2 Å². The Labute approximate surface area is 156 Å². The van der Waals surface area contributed by atoms with Crippen LogP contribution in [0.15, 0.2) is 54.6 Å². The van der Waals surface area contributed by atoms with Gasteiger partial charge < -0.3 is 10.0 Å². The minimum Gasteiger partial charge on any atom is -0.395 e. The van der Waals surface area contributed by atoms with Gasteiger partial charge in [0.2, 0.25) is 5.91 Å². The fourth-order valence-electron chi connectivity index (χ4n) is 3.38. The molecule has 0 bridgehead atoms. The van der Waals surface area contributed by atoms with Crippen LogP contribution < -0.4 is 0 Å². The Balaban J connectivity index is 1.64. The van der Waals surface area contributed by atoms with Crippen LogP contribution in [0, 0.1) is 5.92 Å². The van der Waals surface area contributed by atoms with Gasteiger partial charge in [0.25, 0.3) is 0 Å². The van der Waals surface area contributed by atoms with Gasteiger partial charge in [0, 0.05) is 19.0 Å². The molecule has 0 aromatic heterocycles. The highest BCUT2D eigenvalue weighted by Crippen LogP contribution is 2.49. The topological polar surface area (TPSA) is 40.5 Å². The van der Waals surface area contributed by atoms with Gasteiger partial charge in [-0.15, -0.1) is 0 Å². The van der Waals surface area contributed by atoms with Gasteiger partial charge in [0.15, 0.2) is 0 Å². The predicted octanol–water partition coefficient (Wildman–Crippen LogP) is 3.87. The van der Waals surface area contributed by atoms with Crippen LogP contribution in [-0.4, -0.2) is 35.6 Å². The molecule has 0 heterocycles. The zero-order valence-electron chi connectivity index (χ0n) is 14.8. The van der Waals surface area contributed by atoms with Crippen molar-refractivity contribution >= 4 is 5.91 Å². The Hall–Kier alpha value is -2.34. The van der Waals surface area contributed by atoms with E-state index in [0.717, 1.165) is 17.7 Å². The highest BCUT2D eigenvalue weighted by Gasteiger charge is 2.46. The van der Waals surface area contributed by atoms with Crippen molar-refractivity contribution in [3.63, 3.8) is 0 Å². The molecule has 3 rings (SSSR count). The lowest BCUT2D eigenvalue weighted by Crippen LogP contribution is -2.36. The molecule has 2 aromatic rings. The lowest BCUT2D eigenvalue weighted by molar-refractivity contribution is -0.137. The van der Waals surface area contributed by atoms with Crippen LogP contribution in [0.5, 0.6) is 0 Å². The van der Waals surface area contributed by atoms with Crippen molar-refractivity contribution in [2.45, 2.75) is 24.9 Å². The molecule has 1 N–H and O–H groups in total. The van der Waals surface area contributed by atoms with Crippen molar-refractivity contribution in [2.24, 2.45) is 5.92 Å². The third-order valence-electron chi connectivity index (χ3n) is 4.94. The summed E-state index contributed by atoms with van der Waals surface area (Å²) >= 11 is 0. The molecule has 0 radical (unpaired) electrons. The first-order valence-corrected chi connectivity index (χ1v) is 9.01. The lowest BCUT2D eigenvalue weighted by atomic mass is 10.0. The van der Waals surface area contributed by atoms with E-state index in [4.69, 9.17) is 0 Å². The number of alkyl halides is 3. The molecule has 1 aliphatic carbocycles. The molecule has 1 saturated carbocycles. The minimum absolute atomic E-state index is 0.0950. The first-order valence-electron chi connectivity index (χ1n) is 9.01. The van der Waals surface area contributed by atoms with E-state index in [2.05, 4.69) is 0 Å². The number of carbonyl (C=O) groups is 1. The Bertz CT molecular complexity index is 776. The second-order valence-corrected chi connectivity index (χ2v) is 6.86. The maximum absolute atomic E-state index is 12.9. The summed E-state index contributed by atoms with van der Waals surface area (Å²) in [4.78, 5) is 14.4. The molecular formula is C21H22F3NO2. The monoisotopic (exact) mass is 377 g/mol. The molecule has 0 saturated heterocycles. The van der Waals surface area contributed by atoms with Gasteiger partial charge in [-0.2, -0.15) is 13.2 Å². The molecule has 2 aromatic carbocycles. The second kappa shape index (κ2) is 8.13. The third-order valence-corrected chi connectivity index (χ3v) is 4.94. The molecule has 3 nitrogen and oxygen atoms in total. The average molecular weight is 377 g/mol. The molecular weight excluding hydrogens is 355 g/mol. The summed E-state index contributed by atoms with van der Waals surface area (Å²) in [6.45, 7) is 0.578. The van der Waals surface area contributed by atoms with Gasteiger partial charge in [0.1, 0.15) is 0 Å². The van der Waals surface area contributed by atoms with Gasteiger partial charge in [-0.1, -0.05) is 48.5 Å².